The Morgan fingerprint density at radius 2 is 1.73 bits per heavy atom. The first-order chi connectivity index (χ1) is 14.7. The van der Waals surface area contributed by atoms with Crippen molar-refractivity contribution in [3.05, 3.63) is 83.4 Å². The Hall–Kier alpha value is -3.80. The summed E-state index contributed by atoms with van der Waals surface area (Å²) in [7, 11) is 3.26. The quantitative estimate of drug-likeness (QED) is 0.465. The molecule has 0 N–H and O–H groups in total. The maximum atomic E-state index is 12.3. The summed E-state index contributed by atoms with van der Waals surface area (Å²) in [4.78, 5) is 16.7. The molecule has 0 saturated carbocycles. The van der Waals surface area contributed by atoms with Gasteiger partial charge in [0.2, 0.25) is 0 Å². The molecule has 2 aromatic carbocycles. The second-order valence-corrected chi connectivity index (χ2v) is 6.72. The van der Waals surface area contributed by atoms with Gasteiger partial charge in [-0.3, -0.25) is 9.78 Å². The van der Waals surface area contributed by atoms with Crippen molar-refractivity contribution in [3.63, 3.8) is 0 Å². The van der Waals surface area contributed by atoms with Crippen molar-refractivity contribution < 1.29 is 14.2 Å². The van der Waals surface area contributed by atoms with Gasteiger partial charge in [-0.25, -0.2) is 0 Å². The lowest BCUT2D eigenvalue weighted by Crippen LogP contribution is -2.21. The first-order valence-corrected chi connectivity index (χ1v) is 9.58. The summed E-state index contributed by atoms with van der Waals surface area (Å²) in [6.45, 7) is 0.781. The van der Waals surface area contributed by atoms with Gasteiger partial charge >= 0.3 is 0 Å². The van der Waals surface area contributed by atoms with Gasteiger partial charge in [-0.05, 0) is 47.5 Å². The highest BCUT2D eigenvalue weighted by molar-refractivity contribution is 5.85. The number of hydrogen-bond acceptors (Lipinski definition) is 5. The van der Waals surface area contributed by atoms with Crippen molar-refractivity contribution in [2.45, 2.75) is 6.54 Å². The van der Waals surface area contributed by atoms with Crippen LogP contribution in [0.5, 0.6) is 17.2 Å². The van der Waals surface area contributed by atoms with Crippen LogP contribution in [-0.2, 0) is 6.54 Å². The minimum Gasteiger partial charge on any atom is -0.497 e. The highest BCUT2D eigenvalue weighted by Crippen LogP contribution is 2.27. The molecular formula is C24H22N2O4. The third kappa shape index (κ3) is 4.12. The third-order valence-corrected chi connectivity index (χ3v) is 4.89. The lowest BCUT2D eigenvalue weighted by molar-refractivity contribution is 0.299. The van der Waals surface area contributed by atoms with E-state index in [4.69, 9.17) is 14.2 Å². The predicted molar refractivity (Wildman–Crippen MR) is 116 cm³/mol. The van der Waals surface area contributed by atoms with E-state index in [1.807, 2.05) is 60.8 Å². The van der Waals surface area contributed by atoms with E-state index in [9.17, 15) is 4.79 Å². The van der Waals surface area contributed by atoms with Crippen molar-refractivity contribution in [1.82, 2.24) is 9.55 Å². The van der Waals surface area contributed by atoms with E-state index < -0.39 is 0 Å². The fraction of sp³-hybridized carbons (Fsp3) is 0.167. The second-order valence-electron chi connectivity index (χ2n) is 6.72. The van der Waals surface area contributed by atoms with Crippen molar-refractivity contribution in [3.8, 4) is 28.4 Å². The zero-order valence-electron chi connectivity index (χ0n) is 16.9. The summed E-state index contributed by atoms with van der Waals surface area (Å²) in [5.74, 6) is 2.24. The molecule has 0 bridgehead atoms. The summed E-state index contributed by atoms with van der Waals surface area (Å²) in [6.07, 6.45) is 3.54. The Labute approximate surface area is 174 Å². The van der Waals surface area contributed by atoms with Crippen LogP contribution in [0.1, 0.15) is 0 Å². The van der Waals surface area contributed by atoms with Gasteiger partial charge in [-0.2, -0.15) is 0 Å². The standard InChI is InChI=1S/C24H22N2O4/c1-28-19-5-3-4-17(14-19)18-6-9-24(27)26(16-18)12-13-30-23-10-11-25-22-15-20(29-2)7-8-21(22)23/h3-11,14-16H,12-13H2,1-2H3. The molecule has 152 valence electrons. The van der Waals surface area contributed by atoms with E-state index in [-0.39, 0.29) is 5.56 Å². The van der Waals surface area contributed by atoms with Gasteiger partial charge in [-0.1, -0.05) is 12.1 Å². The SMILES string of the molecule is COc1cccc(-c2ccc(=O)n(CCOc3ccnc4cc(OC)ccc34)c2)c1. The molecule has 4 rings (SSSR count). The maximum absolute atomic E-state index is 12.3. The molecule has 0 spiro atoms. The average molecular weight is 402 g/mol. The van der Waals surface area contributed by atoms with Gasteiger partial charge in [0.05, 0.1) is 26.3 Å². The third-order valence-electron chi connectivity index (χ3n) is 4.89. The number of benzene rings is 2. The highest BCUT2D eigenvalue weighted by Gasteiger charge is 2.06. The molecule has 0 unspecified atom stereocenters. The van der Waals surface area contributed by atoms with Gasteiger partial charge in [0.25, 0.3) is 5.56 Å². The molecule has 0 saturated heterocycles. The van der Waals surface area contributed by atoms with Crippen LogP contribution in [0.2, 0.25) is 0 Å². The Balaban J connectivity index is 1.52. The smallest absolute Gasteiger partial charge is 0.250 e. The number of hydrogen-bond donors (Lipinski definition) is 0. The lowest BCUT2D eigenvalue weighted by Gasteiger charge is -2.12. The van der Waals surface area contributed by atoms with Crippen LogP contribution in [0.25, 0.3) is 22.0 Å². The summed E-state index contributed by atoms with van der Waals surface area (Å²) in [5.41, 5.74) is 2.65. The topological polar surface area (TPSA) is 62.6 Å². The molecule has 2 heterocycles. The van der Waals surface area contributed by atoms with Crippen LogP contribution in [0.3, 0.4) is 0 Å². The summed E-state index contributed by atoms with van der Waals surface area (Å²) < 4.78 is 18.2. The number of methoxy groups -OCH3 is 2. The largest absolute Gasteiger partial charge is 0.497 e. The van der Waals surface area contributed by atoms with Gasteiger partial charge in [0.1, 0.15) is 23.9 Å². The molecule has 0 aliphatic heterocycles. The van der Waals surface area contributed by atoms with Crippen LogP contribution in [0.15, 0.2) is 77.9 Å². The van der Waals surface area contributed by atoms with Crippen molar-refractivity contribution in [1.29, 1.82) is 0 Å². The van der Waals surface area contributed by atoms with Crippen molar-refractivity contribution in [2.75, 3.05) is 20.8 Å². The first kappa shape index (κ1) is 19.5. The summed E-state index contributed by atoms with van der Waals surface area (Å²) >= 11 is 0. The van der Waals surface area contributed by atoms with Gasteiger partial charge in [0, 0.05) is 29.9 Å². The fourth-order valence-corrected chi connectivity index (χ4v) is 3.29. The van der Waals surface area contributed by atoms with E-state index in [1.54, 1.807) is 31.0 Å². The number of rotatable bonds is 7. The Morgan fingerprint density at radius 1 is 0.900 bits per heavy atom. The molecule has 0 atom stereocenters. The summed E-state index contributed by atoms with van der Waals surface area (Å²) in [5, 5.41) is 0.899. The highest BCUT2D eigenvalue weighted by atomic mass is 16.5. The average Bonchev–Trinajstić information content (AvgIpc) is 2.80. The summed E-state index contributed by atoms with van der Waals surface area (Å²) in [6, 6.07) is 18.6. The van der Waals surface area contributed by atoms with E-state index in [0.29, 0.717) is 13.2 Å². The van der Waals surface area contributed by atoms with E-state index >= 15 is 0 Å². The van der Waals surface area contributed by atoms with Crippen molar-refractivity contribution >= 4 is 10.9 Å². The van der Waals surface area contributed by atoms with Gasteiger partial charge in [0.15, 0.2) is 0 Å². The molecule has 2 aromatic heterocycles. The van der Waals surface area contributed by atoms with E-state index in [0.717, 1.165) is 39.3 Å². The number of pyridine rings is 2. The maximum Gasteiger partial charge on any atom is 0.250 e. The first-order valence-electron chi connectivity index (χ1n) is 9.58. The Morgan fingerprint density at radius 3 is 2.57 bits per heavy atom. The Kier molecular flexibility index (Phi) is 5.66. The van der Waals surface area contributed by atoms with Crippen LogP contribution in [0, 0.1) is 0 Å². The minimum absolute atomic E-state index is 0.0745. The number of fused-ring (bicyclic) bond motifs is 1. The molecule has 30 heavy (non-hydrogen) atoms. The molecule has 0 aliphatic carbocycles. The lowest BCUT2D eigenvalue weighted by atomic mass is 10.1. The molecule has 0 amide bonds. The molecule has 6 heteroatoms. The number of nitrogens with zero attached hydrogens (tertiary/aromatic N) is 2. The zero-order valence-corrected chi connectivity index (χ0v) is 16.9. The van der Waals surface area contributed by atoms with E-state index in [1.165, 1.54) is 0 Å². The fourth-order valence-electron chi connectivity index (χ4n) is 3.29. The number of ether oxygens (including phenoxy) is 3. The van der Waals surface area contributed by atoms with Crippen LogP contribution >= 0.6 is 0 Å². The predicted octanol–water partition coefficient (Wildman–Crippen LogP) is 4.16. The van der Waals surface area contributed by atoms with E-state index in [2.05, 4.69) is 4.98 Å². The van der Waals surface area contributed by atoms with Crippen LogP contribution in [-0.4, -0.2) is 30.4 Å². The minimum atomic E-state index is -0.0745. The van der Waals surface area contributed by atoms with Gasteiger partial charge < -0.3 is 18.8 Å². The van der Waals surface area contributed by atoms with Gasteiger partial charge in [-0.15, -0.1) is 0 Å². The monoisotopic (exact) mass is 402 g/mol. The van der Waals surface area contributed by atoms with Crippen molar-refractivity contribution in [2.24, 2.45) is 0 Å². The molecule has 0 aliphatic rings. The molecule has 6 nitrogen and oxygen atoms in total. The van der Waals surface area contributed by atoms with Crippen LogP contribution < -0.4 is 19.8 Å². The molecule has 0 fully saturated rings. The normalized spacial score (nSPS) is 10.7. The molecule has 0 radical (unpaired) electrons. The second kappa shape index (κ2) is 8.69. The van der Waals surface area contributed by atoms with Crippen LogP contribution in [0.4, 0.5) is 0 Å². The molecule has 4 aromatic rings. The number of aromatic nitrogens is 2. The zero-order chi connectivity index (χ0) is 20.9. The molecular weight excluding hydrogens is 380 g/mol. The Bertz CT molecular complexity index is 1230.